The van der Waals surface area contributed by atoms with Crippen LogP contribution in [0.5, 0.6) is 0 Å². The Morgan fingerprint density at radius 2 is 2.38 bits per heavy atom. The van der Waals surface area contributed by atoms with E-state index in [-0.39, 0.29) is 12.4 Å². The van der Waals surface area contributed by atoms with Gasteiger partial charge in [-0.1, -0.05) is 0 Å². The fraction of sp³-hybridized carbons (Fsp3) is 0.444. The number of pyridine rings is 1. The molecule has 0 amide bonds. The van der Waals surface area contributed by atoms with Crippen molar-refractivity contribution in [3.63, 3.8) is 0 Å². The molecule has 0 aliphatic carbocycles. The zero-order chi connectivity index (χ0) is 8.39. The van der Waals surface area contributed by atoms with Crippen LogP contribution in [0.1, 0.15) is 6.42 Å². The first-order valence-corrected chi connectivity index (χ1v) is 4.27. The van der Waals surface area contributed by atoms with E-state index < -0.39 is 0 Å². The molecule has 2 N–H and O–H groups in total. The molecule has 1 aromatic heterocycles. The number of aromatic nitrogens is 1. The van der Waals surface area contributed by atoms with E-state index in [0.717, 1.165) is 19.5 Å². The molecule has 0 bridgehead atoms. The highest BCUT2D eigenvalue weighted by molar-refractivity contribution is 5.85. The molecule has 1 aromatic rings. The summed E-state index contributed by atoms with van der Waals surface area (Å²) in [4.78, 5) is 6.35. The molecule has 4 heteroatoms. The van der Waals surface area contributed by atoms with Crippen LogP contribution in [-0.2, 0) is 0 Å². The van der Waals surface area contributed by atoms with Gasteiger partial charge < -0.3 is 10.6 Å². The van der Waals surface area contributed by atoms with Gasteiger partial charge in [-0.2, -0.15) is 0 Å². The fourth-order valence-corrected chi connectivity index (χ4v) is 1.56. The van der Waals surface area contributed by atoms with Gasteiger partial charge in [-0.3, -0.25) is 4.98 Å². The van der Waals surface area contributed by atoms with Crippen molar-refractivity contribution in [2.75, 3.05) is 18.0 Å². The summed E-state index contributed by atoms with van der Waals surface area (Å²) in [5.41, 5.74) is 6.99. The molecule has 0 aromatic carbocycles. The van der Waals surface area contributed by atoms with Crippen LogP contribution < -0.4 is 10.6 Å². The standard InChI is InChI=1S/C9H13N3.ClH/c10-8-3-5-12(7-8)9-2-1-4-11-6-9;/h1-2,4,6,8H,3,5,7,10H2;1H/t8-;/m0./s1. The average Bonchev–Trinajstić information content (AvgIpc) is 2.54. The Balaban J connectivity index is 0.000000845. The van der Waals surface area contributed by atoms with Crippen molar-refractivity contribution >= 4 is 18.1 Å². The first-order chi connectivity index (χ1) is 5.86. The molecule has 3 nitrogen and oxygen atoms in total. The summed E-state index contributed by atoms with van der Waals surface area (Å²) in [5.74, 6) is 0. The zero-order valence-electron chi connectivity index (χ0n) is 7.39. The Morgan fingerprint density at radius 1 is 1.54 bits per heavy atom. The van der Waals surface area contributed by atoms with E-state index in [2.05, 4.69) is 16.0 Å². The van der Waals surface area contributed by atoms with E-state index in [1.165, 1.54) is 5.69 Å². The third-order valence-electron chi connectivity index (χ3n) is 2.24. The number of rotatable bonds is 1. The summed E-state index contributed by atoms with van der Waals surface area (Å²) in [7, 11) is 0. The van der Waals surface area contributed by atoms with E-state index in [4.69, 9.17) is 5.73 Å². The van der Waals surface area contributed by atoms with Crippen molar-refractivity contribution in [1.82, 2.24) is 4.98 Å². The Hall–Kier alpha value is -0.800. The molecule has 0 unspecified atom stereocenters. The van der Waals surface area contributed by atoms with Crippen LogP contribution in [-0.4, -0.2) is 24.1 Å². The van der Waals surface area contributed by atoms with Gasteiger partial charge >= 0.3 is 0 Å². The second-order valence-electron chi connectivity index (χ2n) is 3.21. The van der Waals surface area contributed by atoms with Gasteiger partial charge in [0.15, 0.2) is 0 Å². The molecule has 0 spiro atoms. The third kappa shape index (κ3) is 2.32. The molecular formula is C9H14ClN3. The van der Waals surface area contributed by atoms with Crippen LogP contribution in [0.3, 0.4) is 0 Å². The first-order valence-electron chi connectivity index (χ1n) is 4.27. The topological polar surface area (TPSA) is 42.1 Å². The van der Waals surface area contributed by atoms with Gasteiger partial charge in [0.1, 0.15) is 0 Å². The van der Waals surface area contributed by atoms with Crippen LogP contribution >= 0.6 is 12.4 Å². The van der Waals surface area contributed by atoms with Crippen LogP contribution in [0, 0.1) is 0 Å². The highest BCUT2D eigenvalue weighted by atomic mass is 35.5. The van der Waals surface area contributed by atoms with Gasteiger partial charge in [0.05, 0.1) is 11.9 Å². The number of anilines is 1. The highest BCUT2D eigenvalue weighted by Crippen LogP contribution is 2.17. The summed E-state index contributed by atoms with van der Waals surface area (Å²) < 4.78 is 0. The van der Waals surface area contributed by atoms with E-state index in [1.54, 1.807) is 6.20 Å². The number of hydrogen-bond donors (Lipinski definition) is 1. The third-order valence-corrected chi connectivity index (χ3v) is 2.24. The highest BCUT2D eigenvalue weighted by Gasteiger charge is 2.18. The van der Waals surface area contributed by atoms with Gasteiger partial charge in [-0.05, 0) is 18.6 Å². The van der Waals surface area contributed by atoms with Crippen molar-refractivity contribution in [3.05, 3.63) is 24.5 Å². The molecule has 1 aliphatic heterocycles. The molecule has 2 heterocycles. The lowest BCUT2D eigenvalue weighted by Crippen LogP contribution is -2.26. The maximum Gasteiger partial charge on any atom is 0.0553 e. The van der Waals surface area contributed by atoms with Crippen molar-refractivity contribution in [2.24, 2.45) is 5.73 Å². The Labute approximate surface area is 84.4 Å². The van der Waals surface area contributed by atoms with Gasteiger partial charge in [0.25, 0.3) is 0 Å². The average molecular weight is 200 g/mol. The van der Waals surface area contributed by atoms with Gasteiger partial charge in [0.2, 0.25) is 0 Å². The van der Waals surface area contributed by atoms with E-state index >= 15 is 0 Å². The fourth-order valence-electron chi connectivity index (χ4n) is 1.56. The number of hydrogen-bond acceptors (Lipinski definition) is 3. The zero-order valence-corrected chi connectivity index (χ0v) is 8.20. The predicted octanol–water partition coefficient (Wildman–Crippen LogP) is 1.04. The molecule has 13 heavy (non-hydrogen) atoms. The van der Waals surface area contributed by atoms with Crippen molar-refractivity contribution in [3.8, 4) is 0 Å². The number of nitrogens with two attached hydrogens (primary N) is 1. The second kappa shape index (κ2) is 4.44. The number of nitrogens with zero attached hydrogens (tertiary/aromatic N) is 2. The van der Waals surface area contributed by atoms with Crippen molar-refractivity contribution in [1.29, 1.82) is 0 Å². The summed E-state index contributed by atoms with van der Waals surface area (Å²) in [5, 5.41) is 0. The molecule has 72 valence electrons. The summed E-state index contributed by atoms with van der Waals surface area (Å²) >= 11 is 0. The Bertz CT molecular complexity index is 252. The summed E-state index contributed by atoms with van der Waals surface area (Å²) in [6.45, 7) is 2.03. The number of halogens is 1. The van der Waals surface area contributed by atoms with E-state index in [1.807, 2.05) is 12.3 Å². The lowest BCUT2D eigenvalue weighted by atomic mass is 10.3. The quantitative estimate of drug-likeness (QED) is 0.735. The van der Waals surface area contributed by atoms with Crippen LogP contribution in [0.4, 0.5) is 5.69 Å². The van der Waals surface area contributed by atoms with Crippen LogP contribution in [0.25, 0.3) is 0 Å². The summed E-state index contributed by atoms with van der Waals surface area (Å²) in [6, 6.07) is 4.37. The van der Waals surface area contributed by atoms with Crippen LogP contribution in [0.15, 0.2) is 24.5 Å². The minimum atomic E-state index is 0. The molecule has 0 saturated carbocycles. The molecule has 2 rings (SSSR count). The van der Waals surface area contributed by atoms with Crippen LogP contribution in [0.2, 0.25) is 0 Å². The van der Waals surface area contributed by atoms with E-state index in [9.17, 15) is 0 Å². The normalized spacial score (nSPS) is 21.3. The minimum Gasteiger partial charge on any atom is -0.369 e. The van der Waals surface area contributed by atoms with Gasteiger partial charge in [-0.15, -0.1) is 12.4 Å². The Kier molecular flexibility index (Phi) is 3.51. The predicted molar refractivity (Wildman–Crippen MR) is 56.3 cm³/mol. The maximum absolute atomic E-state index is 5.80. The van der Waals surface area contributed by atoms with Crippen molar-refractivity contribution in [2.45, 2.75) is 12.5 Å². The largest absolute Gasteiger partial charge is 0.369 e. The van der Waals surface area contributed by atoms with Gasteiger partial charge in [-0.25, -0.2) is 0 Å². The lowest BCUT2D eigenvalue weighted by molar-refractivity contribution is 0.752. The smallest absolute Gasteiger partial charge is 0.0553 e. The van der Waals surface area contributed by atoms with Crippen molar-refractivity contribution < 1.29 is 0 Å². The summed E-state index contributed by atoms with van der Waals surface area (Å²) in [6.07, 6.45) is 4.77. The molecule has 1 aliphatic rings. The van der Waals surface area contributed by atoms with Gasteiger partial charge in [0, 0.05) is 25.3 Å². The lowest BCUT2D eigenvalue weighted by Gasteiger charge is -2.16. The second-order valence-corrected chi connectivity index (χ2v) is 3.21. The first kappa shape index (κ1) is 10.3. The van der Waals surface area contributed by atoms with E-state index in [0.29, 0.717) is 6.04 Å². The maximum atomic E-state index is 5.80. The Morgan fingerprint density at radius 3 is 2.92 bits per heavy atom. The monoisotopic (exact) mass is 199 g/mol. The molecule has 0 radical (unpaired) electrons. The molecular weight excluding hydrogens is 186 g/mol. The molecule has 1 saturated heterocycles. The minimum absolute atomic E-state index is 0. The molecule has 1 atom stereocenters. The molecule has 1 fully saturated rings. The SMILES string of the molecule is Cl.N[C@H]1CCN(c2cccnc2)C1.